The Bertz CT molecular complexity index is 1380. The molecule has 1 saturated heterocycles. The fourth-order valence-corrected chi connectivity index (χ4v) is 4.81. The van der Waals surface area contributed by atoms with E-state index in [1.807, 2.05) is 48.5 Å². The summed E-state index contributed by atoms with van der Waals surface area (Å²) in [5, 5.41) is 11.5. The number of hydrogen-bond acceptors (Lipinski definition) is 6. The molecule has 3 aromatic rings. The number of ketones is 1. The average Bonchev–Trinajstić information content (AvgIpc) is 3.20. The Morgan fingerprint density at radius 1 is 0.846 bits per heavy atom. The van der Waals surface area contributed by atoms with Crippen LogP contribution in [0.3, 0.4) is 0 Å². The summed E-state index contributed by atoms with van der Waals surface area (Å²) in [5.41, 5.74) is 3.08. The molecule has 1 amide bonds. The summed E-state index contributed by atoms with van der Waals surface area (Å²) < 4.78 is 16.0. The van der Waals surface area contributed by atoms with Gasteiger partial charge in [0.25, 0.3) is 11.7 Å². The van der Waals surface area contributed by atoms with Crippen molar-refractivity contribution in [2.75, 3.05) is 27.9 Å². The molecule has 1 atom stereocenters. The zero-order valence-corrected chi connectivity index (χ0v) is 23.3. The number of benzene rings is 3. The summed E-state index contributed by atoms with van der Waals surface area (Å²) in [6, 6.07) is 19.6. The molecule has 7 nitrogen and oxygen atoms in total. The normalized spacial score (nSPS) is 16.9. The third kappa shape index (κ3) is 5.62. The van der Waals surface area contributed by atoms with Crippen molar-refractivity contribution in [3.05, 3.63) is 94.6 Å². The summed E-state index contributed by atoms with van der Waals surface area (Å²) >= 11 is 0. The van der Waals surface area contributed by atoms with Crippen molar-refractivity contribution < 1.29 is 28.9 Å². The molecule has 204 valence electrons. The Balaban J connectivity index is 1.82. The highest BCUT2D eigenvalue weighted by Gasteiger charge is 2.46. The monoisotopic (exact) mass is 529 g/mol. The third-order valence-corrected chi connectivity index (χ3v) is 7.09. The minimum absolute atomic E-state index is 0.0183. The topological polar surface area (TPSA) is 85.3 Å². The molecule has 1 aliphatic rings. The van der Waals surface area contributed by atoms with E-state index in [9.17, 15) is 14.7 Å². The van der Waals surface area contributed by atoms with E-state index in [0.29, 0.717) is 17.9 Å². The number of methoxy groups -OCH3 is 3. The van der Waals surface area contributed by atoms with Gasteiger partial charge in [0, 0.05) is 6.54 Å². The van der Waals surface area contributed by atoms with Crippen LogP contribution in [-0.4, -0.2) is 49.6 Å². The Labute approximate surface area is 229 Å². The standard InChI is InChI=1S/C32H35NO6/c1-32(2,3)22-11-9-21(10-12-22)28-27(29(34)25-19-24(38-5)15-16-26(25)39-6)30(35)31(36)33(28)18-17-20-7-13-23(37-4)14-8-20/h7-16,19,28,34H,17-18H2,1-6H3/b29-27+. The molecular formula is C32H35NO6. The lowest BCUT2D eigenvalue weighted by atomic mass is 9.85. The predicted molar refractivity (Wildman–Crippen MR) is 150 cm³/mol. The van der Waals surface area contributed by atoms with Gasteiger partial charge in [-0.1, -0.05) is 57.2 Å². The lowest BCUT2D eigenvalue weighted by Gasteiger charge is -2.27. The van der Waals surface area contributed by atoms with Gasteiger partial charge in [-0.05, 0) is 58.9 Å². The Morgan fingerprint density at radius 3 is 2.03 bits per heavy atom. The summed E-state index contributed by atoms with van der Waals surface area (Å²) in [4.78, 5) is 28.4. The van der Waals surface area contributed by atoms with Crippen molar-refractivity contribution in [2.45, 2.75) is 38.6 Å². The zero-order valence-electron chi connectivity index (χ0n) is 23.3. The van der Waals surface area contributed by atoms with Crippen LogP contribution < -0.4 is 14.2 Å². The van der Waals surface area contributed by atoms with Crippen LogP contribution in [0.25, 0.3) is 5.76 Å². The van der Waals surface area contributed by atoms with Crippen LogP contribution >= 0.6 is 0 Å². The fourth-order valence-electron chi connectivity index (χ4n) is 4.81. The van der Waals surface area contributed by atoms with Gasteiger partial charge in [0.1, 0.15) is 23.0 Å². The number of amides is 1. The molecule has 0 spiro atoms. The molecule has 3 aromatic carbocycles. The number of hydrogen-bond donors (Lipinski definition) is 1. The molecule has 0 saturated carbocycles. The number of aliphatic hydroxyl groups is 1. The predicted octanol–water partition coefficient (Wildman–Crippen LogP) is 5.67. The van der Waals surface area contributed by atoms with Crippen LogP contribution in [0.1, 0.15) is 49.1 Å². The smallest absolute Gasteiger partial charge is 0.295 e. The highest BCUT2D eigenvalue weighted by atomic mass is 16.5. The first-order valence-corrected chi connectivity index (χ1v) is 12.8. The second-order valence-corrected chi connectivity index (χ2v) is 10.5. The molecule has 7 heteroatoms. The summed E-state index contributed by atoms with van der Waals surface area (Å²) in [6.07, 6.45) is 0.524. The maximum atomic E-state index is 13.5. The molecule has 1 aliphatic heterocycles. The molecule has 1 unspecified atom stereocenters. The summed E-state index contributed by atoms with van der Waals surface area (Å²) in [5.74, 6) is -0.114. The molecule has 4 rings (SSSR count). The number of ether oxygens (including phenoxy) is 3. The van der Waals surface area contributed by atoms with Gasteiger partial charge in [0.2, 0.25) is 0 Å². The highest BCUT2D eigenvalue weighted by molar-refractivity contribution is 6.46. The SMILES string of the molecule is COc1ccc(CCN2C(=O)C(=O)/C(=C(/O)c3cc(OC)ccc3OC)C2c2ccc(C(C)(C)C)cc2)cc1. The van der Waals surface area contributed by atoms with Gasteiger partial charge in [-0.25, -0.2) is 0 Å². The van der Waals surface area contributed by atoms with Crippen molar-refractivity contribution in [3.8, 4) is 17.2 Å². The molecule has 0 radical (unpaired) electrons. The minimum atomic E-state index is -0.770. The van der Waals surface area contributed by atoms with Crippen LogP contribution in [-0.2, 0) is 21.4 Å². The first-order chi connectivity index (χ1) is 18.6. The summed E-state index contributed by atoms with van der Waals surface area (Å²) in [6.45, 7) is 6.66. The lowest BCUT2D eigenvalue weighted by molar-refractivity contribution is -0.139. The molecule has 1 fully saturated rings. The Kier molecular flexibility index (Phi) is 8.00. The number of carbonyl (C=O) groups is 2. The van der Waals surface area contributed by atoms with Gasteiger partial charge in [0.15, 0.2) is 0 Å². The Morgan fingerprint density at radius 2 is 1.46 bits per heavy atom. The first kappa shape index (κ1) is 27.8. The van der Waals surface area contributed by atoms with Gasteiger partial charge < -0.3 is 24.2 Å². The van der Waals surface area contributed by atoms with Gasteiger partial charge in [-0.15, -0.1) is 0 Å². The average molecular weight is 530 g/mol. The zero-order chi connectivity index (χ0) is 28.3. The van der Waals surface area contributed by atoms with E-state index in [-0.39, 0.29) is 28.9 Å². The van der Waals surface area contributed by atoms with Crippen LogP contribution in [0.15, 0.2) is 72.3 Å². The van der Waals surface area contributed by atoms with Crippen LogP contribution in [0, 0.1) is 0 Å². The van der Waals surface area contributed by atoms with E-state index in [1.54, 1.807) is 25.3 Å². The van der Waals surface area contributed by atoms with E-state index in [1.165, 1.54) is 19.1 Å². The van der Waals surface area contributed by atoms with E-state index in [2.05, 4.69) is 20.8 Å². The van der Waals surface area contributed by atoms with E-state index in [0.717, 1.165) is 22.4 Å². The molecule has 1 heterocycles. The third-order valence-electron chi connectivity index (χ3n) is 7.09. The quantitative estimate of drug-likeness (QED) is 0.230. The second-order valence-electron chi connectivity index (χ2n) is 10.5. The van der Waals surface area contributed by atoms with Crippen LogP contribution in [0.2, 0.25) is 0 Å². The van der Waals surface area contributed by atoms with E-state index in [4.69, 9.17) is 14.2 Å². The van der Waals surface area contributed by atoms with Gasteiger partial charge >= 0.3 is 0 Å². The number of rotatable bonds is 8. The second kappa shape index (κ2) is 11.2. The molecule has 39 heavy (non-hydrogen) atoms. The number of aliphatic hydroxyl groups excluding tert-OH is 1. The molecular weight excluding hydrogens is 494 g/mol. The van der Waals surface area contributed by atoms with Gasteiger partial charge in [0.05, 0.1) is 38.5 Å². The van der Waals surface area contributed by atoms with Gasteiger partial charge in [-0.3, -0.25) is 9.59 Å². The lowest BCUT2D eigenvalue weighted by Crippen LogP contribution is -2.31. The minimum Gasteiger partial charge on any atom is -0.507 e. The van der Waals surface area contributed by atoms with Gasteiger partial charge in [-0.2, -0.15) is 0 Å². The van der Waals surface area contributed by atoms with Crippen molar-refractivity contribution in [1.29, 1.82) is 0 Å². The van der Waals surface area contributed by atoms with Crippen molar-refractivity contribution in [1.82, 2.24) is 4.90 Å². The molecule has 1 N–H and O–H groups in total. The fraction of sp³-hybridized carbons (Fsp3) is 0.312. The first-order valence-electron chi connectivity index (χ1n) is 12.8. The number of carbonyl (C=O) groups excluding carboxylic acids is 2. The van der Waals surface area contributed by atoms with Crippen LogP contribution in [0.5, 0.6) is 17.2 Å². The molecule has 0 aromatic heterocycles. The summed E-state index contributed by atoms with van der Waals surface area (Å²) in [7, 11) is 4.60. The number of nitrogens with zero attached hydrogens (tertiary/aromatic N) is 1. The number of Topliss-reactive ketones (excluding diaryl/α,β-unsaturated/α-hetero) is 1. The van der Waals surface area contributed by atoms with Crippen molar-refractivity contribution in [2.24, 2.45) is 0 Å². The molecule has 0 aliphatic carbocycles. The highest BCUT2D eigenvalue weighted by Crippen LogP contribution is 2.42. The van der Waals surface area contributed by atoms with Crippen molar-refractivity contribution in [3.63, 3.8) is 0 Å². The Hall–Kier alpha value is -4.26. The molecule has 0 bridgehead atoms. The maximum absolute atomic E-state index is 13.5. The largest absolute Gasteiger partial charge is 0.507 e. The van der Waals surface area contributed by atoms with Crippen molar-refractivity contribution >= 4 is 17.4 Å². The maximum Gasteiger partial charge on any atom is 0.295 e. The van der Waals surface area contributed by atoms with E-state index < -0.39 is 17.7 Å². The number of likely N-dealkylation sites (tertiary alicyclic amines) is 1. The van der Waals surface area contributed by atoms with E-state index >= 15 is 0 Å². The van der Waals surface area contributed by atoms with Crippen LogP contribution in [0.4, 0.5) is 0 Å².